The predicted octanol–water partition coefficient (Wildman–Crippen LogP) is -1.20. The Morgan fingerprint density at radius 2 is 2.07 bits per heavy atom. The van der Waals surface area contributed by atoms with Gasteiger partial charge in [0.15, 0.2) is 11.3 Å². The third-order valence-electron chi connectivity index (χ3n) is 7.16. The van der Waals surface area contributed by atoms with Gasteiger partial charge in [-0.05, 0) is 31.7 Å². The number of thioether (sulfide) groups is 1. The van der Waals surface area contributed by atoms with Crippen LogP contribution in [0.5, 0.6) is 0 Å². The minimum atomic E-state index is -1.48. The Morgan fingerprint density at radius 1 is 1.27 bits per heavy atom. The molecule has 1 aliphatic carbocycles. The molecule has 5 N–H and O–H groups in total. The zero-order valence-corrected chi connectivity index (χ0v) is 23.3. The molecule has 214 valence electrons. The lowest BCUT2D eigenvalue weighted by Crippen LogP contribution is -2.71. The number of aliphatic carboxylic acids is 1. The second kappa shape index (κ2) is 11.0. The number of hydrogen-bond acceptors (Lipinski definition) is 13. The van der Waals surface area contributed by atoms with Crippen molar-refractivity contribution in [3.63, 3.8) is 0 Å². The van der Waals surface area contributed by atoms with Crippen molar-refractivity contribution in [1.82, 2.24) is 29.2 Å². The van der Waals surface area contributed by atoms with E-state index in [1.165, 1.54) is 16.3 Å². The number of carboxylic acids is 1. The van der Waals surface area contributed by atoms with Crippen molar-refractivity contribution < 1.29 is 28.9 Å². The molecule has 0 bridgehead atoms. The van der Waals surface area contributed by atoms with Gasteiger partial charge in [0.25, 0.3) is 17.6 Å². The van der Waals surface area contributed by atoms with Gasteiger partial charge >= 0.3 is 5.65 Å². The van der Waals surface area contributed by atoms with Crippen LogP contribution in [0.2, 0.25) is 0 Å². The molecule has 2 aliphatic heterocycles. The van der Waals surface area contributed by atoms with Crippen LogP contribution in [0.1, 0.15) is 37.9 Å². The second-order valence-electron chi connectivity index (χ2n) is 9.84. The standard InChI is InChI=1S/C24H26N10O5S2/c25-14-10-32(15-7-4-8-27-34(14)15)9-12-11-40-22-17(21(36)33(22)18(12)23(37)38)28-20(35)16(19-29-24(26)41-31-19)30-39-13-5-2-1-3-6-13/h4,7-8,10,13,17,22H,1-3,5-6,9,11H2,(H5-,25,26,27,28,29,31,35,37,38)/b30-16-/t17-,22-/m1/s1. The van der Waals surface area contributed by atoms with Crippen molar-refractivity contribution in [3.8, 4) is 0 Å². The molecule has 15 nitrogen and oxygen atoms in total. The second-order valence-corrected chi connectivity index (χ2v) is 11.7. The average Bonchev–Trinajstić information content (AvgIpc) is 3.54. The van der Waals surface area contributed by atoms with E-state index in [0.29, 0.717) is 17.0 Å². The van der Waals surface area contributed by atoms with E-state index in [0.717, 1.165) is 48.5 Å². The van der Waals surface area contributed by atoms with Gasteiger partial charge in [-0.3, -0.25) is 14.5 Å². The number of nitrogens with one attached hydrogen (secondary N) is 1. The third kappa shape index (κ3) is 5.06. The van der Waals surface area contributed by atoms with Crippen molar-refractivity contribution in [2.24, 2.45) is 5.16 Å². The highest BCUT2D eigenvalue weighted by atomic mass is 32.2. The van der Waals surface area contributed by atoms with E-state index in [1.807, 2.05) is 0 Å². The Kier molecular flexibility index (Phi) is 7.21. The first kappa shape index (κ1) is 26.9. The lowest BCUT2D eigenvalue weighted by molar-refractivity contribution is -0.662. The minimum Gasteiger partial charge on any atom is -0.543 e. The van der Waals surface area contributed by atoms with E-state index in [1.54, 1.807) is 29.1 Å². The van der Waals surface area contributed by atoms with Gasteiger partial charge in [-0.15, -0.1) is 11.8 Å². The van der Waals surface area contributed by atoms with Gasteiger partial charge in [0.1, 0.15) is 24.1 Å². The summed E-state index contributed by atoms with van der Waals surface area (Å²) in [5.74, 6) is -2.14. The fourth-order valence-corrected chi connectivity index (χ4v) is 6.98. The van der Waals surface area contributed by atoms with E-state index in [2.05, 4.69) is 24.9 Å². The van der Waals surface area contributed by atoms with Gasteiger partial charge in [0.05, 0.1) is 17.9 Å². The largest absolute Gasteiger partial charge is 0.543 e. The average molecular weight is 599 g/mol. The molecule has 2 atom stereocenters. The van der Waals surface area contributed by atoms with Crippen molar-refractivity contribution in [2.75, 3.05) is 17.2 Å². The molecule has 0 spiro atoms. The van der Waals surface area contributed by atoms with Crippen LogP contribution >= 0.6 is 23.3 Å². The molecule has 0 aromatic carbocycles. The van der Waals surface area contributed by atoms with Crippen molar-refractivity contribution in [2.45, 2.75) is 56.2 Å². The van der Waals surface area contributed by atoms with E-state index < -0.39 is 29.2 Å². The summed E-state index contributed by atoms with van der Waals surface area (Å²) in [6, 6.07) is 2.54. The number of nitrogens with zero attached hydrogens (tertiary/aromatic N) is 7. The van der Waals surface area contributed by atoms with Crippen LogP contribution in [0.4, 0.5) is 10.9 Å². The molecule has 2 amide bonds. The third-order valence-corrected chi connectivity index (χ3v) is 9.04. The molecule has 17 heteroatoms. The molecule has 41 heavy (non-hydrogen) atoms. The van der Waals surface area contributed by atoms with Gasteiger partial charge in [-0.2, -0.15) is 9.36 Å². The first-order valence-electron chi connectivity index (χ1n) is 13.0. The van der Waals surface area contributed by atoms with Crippen LogP contribution in [-0.2, 0) is 25.8 Å². The summed E-state index contributed by atoms with van der Waals surface area (Å²) in [5.41, 5.74) is 12.5. The number of fused-ring (bicyclic) bond motifs is 2. The summed E-state index contributed by atoms with van der Waals surface area (Å²) in [7, 11) is 0. The van der Waals surface area contributed by atoms with Crippen LogP contribution in [0.3, 0.4) is 0 Å². The Morgan fingerprint density at radius 3 is 2.80 bits per heavy atom. The Balaban J connectivity index is 1.21. The summed E-state index contributed by atoms with van der Waals surface area (Å²) < 4.78 is 7.37. The minimum absolute atomic E-state index is 0.0103. The van der Waals surface area contributed by atoms with Crippen LogP contribution in [-0.4, -0.2) is 70.6 Å². The summed E-state index contributed by atoms with van der Waals surface area (Å²) in [6.07, 6.45) is 7.89. The fraction of sp³-hybridized carbons (Fsp3) is 0.417. The van der Waals surface area contributed by atoms with Crippen molar-refractivity contribution in [1.29, 1.82) is 0 Å². The number of imidazole rings is 1. The molecule has 1 saturated heterocycles. The van der Waals surface area contributed by atoms with E-state index >= 15 is 0 Å². The number of carboxylic acid groups (broad SMARTS) is 1. The number of nitrogen functional groups attached to an aromatic ring is 2. The highest BCUT2D eigenvalue weighted by molar-refractivity contribution is 8.00. The normalized spacial score (nSPS) is 21.5. The van der Waals surface area contributed by atoms with Crippen molar-refractivity contribution >= 4 is 63.4 Å². The number of β-lactam (4-membered cyclic amide) rings is 1. The van der Waals surface area contributed by atoms with E-state index in [9.17, 15) is 19.5 Å². The maximum Gasteiger partial charge on any atom is 0.309 e. The number of carbonyl (C=O) groups is 3. The zero-order chi connectivity index (χ0) is 28.7. The number of carbonyl (C=O) groups excluding carboxylic acids is 3. The number of amides is 2. The lowest BCUT2D eigenvalue weighted by atomic mass is 9.98. The first-order valence-corrected chi connectivity index (χ1v) is 14.8. The highest BCUT2D eigenvalue weighted by Crippen LogP contribution is 2.40. The smallest absolute Gasteiger partial charge is 0.309 e. The summed E-state index contributed by atoms with van der Waals surface area (Å²) in [4.78, 5) is 49.7. The Hall–Kier alpha value is -4.25. The monoisotopic (exact) mass is 598 g/mol. The maximum atomic E-state index is 13.3. The quantitative estimate of drug-likeness (QED) is 0.121. The Labute approximate surface area is 241 Å². The molecule has 2 fully saturated rings. The van der Waals surface area contributed by atoms with Gasteiger partial charge in [-0.25, -0.2) is 4.57 Å². The van der Waals surface area contributed by atoms with Gasteiger partial charge in [0, 0.05) is 28.9 Å². The SMILES string of the molecule is Nc1nc(/C(=N/OC2CCCCC2)C(=O)N[C@@H]2C(=O)N3C(C(=O)[O-])=C(C[n+]4cc(N)n5ncccc54)CS[C@H]23)ns1. The molecule has 5 heterocycles. The number of oxime groups is 1. The summed E-state index contributed by atoms with van der Waals surface area (Å²) in [6.45, 7) is 0.155. The topological polar surface area (TPSA) is 210 Å². The number of aromatic nitrogens is 5. The molecular formula is C24H26N10O5S2. The summed E-state index contributed by atoms with van der Waals surface area (Å²) in [5, 5.41) is 22.7. The number of rotatable bonds is 8. The van der Waals surface area contributed by atoms with Crippen LogP contribution in [0.25, 0.3) is 5.65 Å². The summed E-state index contributed by atoms with van der Waals surface area (Å²) >= 11 is 2.23. The van der Waals surface area contributed by atoms with Gasteiger partial charge in [0.2, 0.25) is 11.5 Å². The predicted molar refractivity (Wildman–Crippen MR) is 146 cm³/mol. The molecule has 3 aromatic heterocycles. The Bertz CT molecular complexity index is 1590. The van der Waals surface area contributed by atoms with Crippen LogP contribution in [0.15, 0.2) is 41.0 Å². The number of hydrogen-bond donors (Lipinski definition) is 3. The van der Waals surface area contributed by atoms with E-state index in [4.69, 9.17) is 16.3 Å². The van der Waals surface area contributed by atoms with E-state index in [-0.39, 0.29) is 40.8 Å². The number of anilines is 2. The fourth-order valence-electron chi connectivity index (χ4n) is 5.21. The molecular weight excluding hydrogens is 572 g/mol. The molecule has 0 radical (unpaired) electrons. The highest BCUT2D eigenvalue weighted by Gasteiger charge is 2.53. The molecule has 0 unspecified atom stereocenters. The van der Waals surface area contributed by atoms with Crippen molar-refractivity contribution in [3.05, 3.63) is 41.6 Å². The lowest BCUT2D eigenvalue weighted by Gasteiger charge is -2.50. The van der Waals surface area contributed by atoms with Gasteiger partial charge in [-0.1, -0.05) is 21.2 Å². The zero-order valence-electron chi connectivity index (χ0n) is 21.6. The first-order chi connectivity index (χ1) is 19.8. The maximum absolute atomic E-state index is 13.3. The van der Waals surface area contributed by atoms with Gasteiger partial charge < -0.3 is 31.5 Å². The van der Waals surface area contributed by atoms with Crippen LogP contribution in [0, 0.1) is 0 Å². The number of nitrogens with two attached hydrogens (primary N) is 2. The molecule has 6 rings (SSSR count). The molecule has 1 saturated carbocycles. The molecule has 3 aliphatic rings. The van der Waals surface area contributed by atoms with Crippen LogP contribution < -0.4 is 26.5 Å². The molecule has 3 aromatic rings.